The summed E-state index contributed by atoms with van der Waals surface area (Å²) in [5.41, 5.74) is 2.96. The molecular formula is C21H20N2O3. The highest BCUT2D eigenvalue weighted by Crippen LogP contribution is 2.18. The molecule has 0 aliphatic heterocycles. The summed E-state index contributed by atoms with van der Waals surface area (Å²) in [7, 11) is 3.08. The Morgan fingerprint density at radius 2 is 1.73 bits per heavy atom. The fourth-order valence-corrected chi connectivity index (χ4v) is 2.92. The molecule has 1 heterocycles. The van der Waals surface area contributed by atoms with Crippen molar-refractivity contribution < 1.29 is 14.3 Å². The van der Waals surface area contributed by atoms with Gasteiger partial charge in [-0.05, 0) is 23.3 Å². The number of hydrogen-bond acceptors (Lipinski definition) is 4. The van der Waals surface area contributed by atoms with Crippen molar-refractivity contribution in [2.75, 3.05) is 14.2 Å². The summed E-state index contributed by atoms with van der Waals surface area (Å²) in [5.74, 6) is -0.442. The fourth-order valence-electron chi connectivity index (χ4n) is 2.92. The van der Waals surface area contributed by atoms with Gasteiger partial charge in [0.25, 0.3) is 0 Å². The Bertz CT molecular complexity index is 947. The van der Waals surface area contributed by atoms with Crippen LogP contribution in [0, 0.1) is 0 Å². The Morgan fingerprint density at radius 1 is 1.00 bits per heavy atom. The number of para-hydroxylation sites is 1. The first-order valence-electron chi connectivity index (χ1n) is 8.33. The molecule has 0 aliphatic carbocycles. The molecule has 1 amide bonds. The minimum atomic E-state index is -0.403. The molecule has 5 heteroatoms. The lowest BCUT2D eigenvalue weighted by molar-refractivity contribution is -0.129. The largest absolute Gasteiger partial charge is 0.465 e. The van der Waals surface area contributed by atoms with E-state index in [2.05, 4.69) is 4.98 Å². The van der Waals surface area contributed by atoms with E-state index in [9.17, 15) is 9.59 Å². The van der Waals surface area contributed by atoms with Gasteiger partial charge in [0, 0.05) is 25.2 Å². The second kappa shape index (κ2) is 7.78. The molecule has 0 radical (unpaired) electrons. The van der Waals surface area contributed by atoms with Crippen molar-refractivity contribution in [3.8, 4) is 0 Å². The Kier molecular flexibility index (Phi) is 5.27. The van der Waals surface area contributed by atoms with E-state index in [1.165, 1.54) is 7.11 Å². The van der Waals surface area contributed by atoms with E-state index in [1.54, 1.807) is 30.3 Å². The quantitative estimate of drug-likeness (QED) is 0.664. The van der Waals surface area contributed by atoms with Crippen LogP contribution >= 0.6 is 0 Å². The number of esters is 1. The third-order valence-corrected chi connectivity index (χ3v) is 4.31. The first kappa shape index (κ1) is 17.6. The van der Waals surface area contributed by atoms with Gasteiger partial charge >= 0.3 is 5.97 Å². The van der Waals surface area contributed by atoms with Gasteiger partial charge in [-0.15, -0.1) is 0 Å². The normalized spacial score (nSPS) is 10.5. The van der Waals surface area contributed by atoms with Gasteiger partial charge in [-0.1, -0.05) is 42.5 Å². The lowest BCUT2D eigenvalue weighted by atomic mass is 10.1. The Morgan fingerprint density at radius 3 is 2.54 bits per heavy atom. The summed E-state index contributed by atoms with van der Waals surface area (Å²) in [6.45, 7) is 0.336. The van der Waals surface area contributed by atoms with Gasteiger partial charge in [0.05, 0.1) is 24.6 Å². The van der Waals surface area contributed by atoms with Crippen LogP contribution in [0.25, 0.3) is 10.9 Å². The standard InChI is InChI=1S/C21H20N2O3/c1-23(14-17-7-3-4-11-18(17)21(25)26-2)19(24)13-16-9-5-8-15-10-6-12-22-20(15)16/h3-12H,13-14H2,1-2H3. The first-order valence-corrected chi connectivity index (χ1v) is 8.33. The number of carbonyl (C=O) groups excluding carboxylic acids is 2. The second-order valence-electron chi connectivity index (χ2n) is 6.07. The lowest BCUT2D eigenvalue weighted by Gasteiger charge is -2.19. The molecule has 0 unspecified atom stereocenters. The maximum atomic E-state index is 12.7. The van der Waals surface area contributed by atoms with Crippen LogP contribution in [0.3, 0.4) is 0 Å². The second-order valence-corrected chi connectivity index (χ2v) is 6.07. The average molecular weight is 348 g/mol. The van der Waals surface area contributed by atoms with Crippen LogP contribution in [0.5, 0.6) is 0 Å². The smallest absolute Gasteiger partial charge is 0.338 e. The Labute approximate surface area is 152 Å². The number of aromatic nitrogens is 1. The van der Waals surface area contributed by atoms with Crippen LogP contribution in [0.15, 0.2) is 60.8 Å². The van der Waals surface area contributed by atoms with E-state index in [0.717, 1.165) is 22.0 Å². The molecule has 0 saturated carbocycles. The van der Waals surface area contributed by atoms with Crippen molar-refractivity contribution in [3.05, 3.63) is 77.5 Å². The van der Waals surface area contributed by atoms with Crippen LogP contribution in [-0.4, -0.2) is 35.9 Å². The van der Waals surface area contributed by atoms with E-state index in [-0.39, 0.29) is 12.3 Å². The number of pyridine rings is 1. The van der Waals surface area contributed by atoms with Gasteiger partial charge in [-0.2, -0.15) is 0 Å². The zero-order chi connectivity index (χ0) is 18.5. The number of ether oxygens (including phenoxy) is 1. The predicted molar refractivity (Wildman–Crippen MR) is 99.7 cm³/mol. The summed E-state index contributed by atoms with van der Waals surface area (Å²) < 4.78 is 4.81. The predicted octanol–water partition coefficient (Wildman–Crippen LogP) is 3.22. The molecule has 5 nitrogen and oxygen atoms in total. The number of amides is 1. The molecule has 0 bridgehead atoms. The molecule has 0 N–H and O–H groups in total. The highest BCUT2D eigenvalue weighted by Gasteiger charge is 2.16. The van der Waals surface area contributed by atoms with Crippen molar-refractivity contribution in [3.63, 3.8) is 0 Å². The van der Waals surface area contributed by atoms with E-state index in [4.69, 9.17) is 4.74 Å². The summed E-state index contributed by atoms with van der Waals surface area (Å²) in [5, 5.41) is 1.01. The van der Waals surface area contributed by atoms with E-state index in [0.29, 0.717) is 12.1 Å². The molecular weight excluding hydrogens is 328 g/mol. The van der Waals surface area contributed by atoms with Gasteiger partial charge in [0.1, 0.15) is 0 Å². The fraction of sp³-hybridized carbons (Fsp3) is 0.190. The number of fused-ring (bicyclic) bond motifs is 1. The molecule has 3 aromatic rings. The molecule has 0 aliphatic rings. The number of methoxy groups -OCH3 is 1. The van der Waals surface area contributed by atoms with Crippen molar-refractivity contribution in [2.24, 2.45) is 0 Å². The maximum absolute atomic E-state index is 12.7. The zero-order valence-corrected chi connectivity index (χ0v) is 14.8. The summed E-state index contributed by atoms with van der Waals surface area (Å²) in [6.07, 6.45) is 1.98. The van der Waals surface area contributed by atoms with Crippen LogP contribution in [0.4, 0.5) is 0 Å². The van der Waals surface area contributed by atoms with Crippen molar-refractivity contribution in [1.82, 2.24) is 9.88 Å². The van der Waals surface area contributed by atoms with E-state index in [1.807, 2.05) is 42.5 Å². The van der Waals surface area contributed by atoms with Crippen LogP contribution in [0.1, 0.15) is 21.5 Å². The minimum Gasteiger partial charge on any atom is -0.465 e. The number of hydrogen-bond donors (Lipinski definition) is 0. The van der Waals surface area contributed by atoms with Gasteiger partial charge in [0.2, 0.25) is 5.91 Å². The minimum absolute atomic E-state index is 0.0391. The van der Waals surface area contributed by atoms with Crippen molar-refractivity contribution >= 4 is 22.8 Å². The molecule has 0 fully saturated rings. The third-order valence-electron chi connectivity index (χ3n) is 4.31. The molecule has 0 saturated heterocycles. The molecule has 3 rings (SSSR count). The molecule has 1 aromatic heterocycles. The topological polar surface area (TPSA) is 59.5 Å². The number of rotatable bonds is 5. The monoisotopic (exact) mass is 348 g/mol. The number of carbonyl (C=O) groups is 2. The van der Waals surface area contributed by atoms with Gasteiger partial charge in [-0.3, -0.25) is 9.78 Å². The SMILES string of the molecule is COC(=O)c1ccccc1CN(C)C(=O)Cc1cccc2cccnc12. The Balaban J connectivity index is 1.78. The average Bonchev–Trinajstić information content (AvgIpc) is 2.68. The van der Waals surface area contributed by atoms with Crippen LogP contribution in [-0.2, 0) is 22.5 Å². The molecule has 0 spiro atoms. The first-order chi connectivity index (χ1) is 12.6. The van der Waals surface area contributed by atoms with E-state index >= 15 is 0 Å². The molecule has 26 heavy (non-hydrogen) atoms. The van der Waals surface area contributed by atoms with Crippen molar-refractivity contribution in [2.45, 2.75) is 13.0 Å². The van der Waals surface area contributed by atoms with Gasteiger partial charge in [0.15, 0.2) is 0 Å². The number of benzene rings is 2. The van der Waals surface area contributed by atoms with Crippen LogP contribution in [0.2, 0.25) is 0 Å². The molecule has 0 atom stereocenters. The van der Waals surface area contributed by atoms with Gasteiger partial charge in [-0.25, -0.2) is 4.79 Å². The summed E-state index contributed by atoms with van der Waals surface area (Å²) in [4.78, 5) is 30.6. The third kappa shape index (κ3) is 3.72. The summed E-state index contributed by atoms with van der Waals surface area (Å²) >= 11 is 0. The van der Waals surface area contributed by atoms with Gasteiger partial charge < -0.3 is 9.64 Å². The molecule has 132 valence electrons. The molecule has 2 aromatic carbocycles. The van der Waals surface area contributed by atoms with E-state index < -0.39 is 5.97 Å². The number of nitrogens with zero attached hydrogens (tertiary/aromatic N) is 2. The Hall–Kier alpha value is -3.21. The van der Waals surface area contributed by atoms with Crippen LogP contribution < -0.4 is 0 Å². The van der Waals surface area contributed by atoms with Crippen molar-refractivity contribution in [1.29, 1.82) is 0 Å². The maximum Gasteiger partial charge on any atom is 0.338 e. The highest BCUT2D eigenvalue weighted by molar-refractivity contribution is 5.91. The highest BCUT2D eigenvalue weighted by atomic mass is 16.5. The number of likely N-dealkylation sites (N-methyl/N-ethyl adjacent to an activating group) is 1. The zero-order valence-electron chi connectivity index (χ0n) is 14.8. The summed E-state index contributed by atoms with van der Waals surface area (Å²) in [6, 6.07) is 16.8. The lowest BCUT2D eigenvalue weighted by Crippen LogP contribution is -2.28.